The molecule has 0 aromatic heterocycles. The van der Waals surface area contributed by atoms with Gasteiger partial charge in [0.2, 0.25) is 0 Å². The van der Waals surface area contributed by atoms with E-state index in [9.17, 15) is 9.59 Å². The zero-order valence-corrected chi connectivity index (χ0v) is 16.1. The Balaban J connectivity index is 1.51. The summed E-state index contributed by atoms with van der Waals surface area (Å²) in [5, 5.41) is 0. The summed E-state index contributed by atoms with van der Waals surface area (Å²) in [6.45, 7) is 2.55. The molecule has 0 unspecified atom stereocenters. The van der Waals surface area contributed by atoms with Crippen LogP contribution in [-0.2, 0) is 0 Å². The standard InChI is InChI=1S/C21H24N2O5/c1-26-19-9-8-16(14-20(19)27-2)18(24)15-22-10-12-23(13-11-22)21(25)28-17-6-4-3-5-7-17/h3-9,14H,10-13,15H2,1-2H3. The Bertz CT molecular complexity index is 817. The van der Waals surface area contributed by atoms with Crippen molar-refractivity contribution >= 4 is 11.9 Å². The SMILES string of the molecule is COc1ccc(C(=O)CN2CCN(C(=O)Oc3ccccc3)CC2)cc1OC. The van der Waals surface area contributed by atoms with Gasteiger partial charge >= 0.3 is 6.09 Å². The predicted octanol–water partition coefficient (Wildman–Crippen LogP) is 2.70. The van der Waals surface area contributed by atoms with E-state index in [0.29, 0.717) is 49.0 Å². The average Bonchev–Trinajstić information content (AvgIpc) is 2.74. The molecule has 148 valence electrons. The van der Waals surface area contributed by atoms with Crippen molar-refractivity contribution in [1.29, 1.82) is 0 Å². The first kappa shape index (κ1) is 19.7. The second kappa shape index (κ2) is 9.23. The minimum absolute atomic E-state index is 0.00117. The normalized spacial score (nSPS) is 14.4. The van der Waals surface area contributed by atoms with E-state index < -0.39 is 0 Å². The van der Waals surface area contributed by atoms with Gasteiger partial charge in [0.05, 0.1) is 20.8 Å². The van der Waals surface area contributed by atoms with E-state index in [4.69, 9.17) is 14.2 Å². The number of ketones is 1. The number of methoxy groups -OCH3 is 2. The number of carbonyl (C=O) groups excluding carboxylic acids is 2. The second-order valence-electron chi connectivity index (χ2n) is 6.44. The average molecular weight is 384 g/mol. The summed E-state index contributed by atoms with van der Waals surface area (Å²) in [4.78, 5) is 28.5. The summed E-state index contributed by atoms with van der Waals surface area (Å²) in [6, 6.07) is 14.1. The van der Waals surface area contributed by atoms with Gasteiger partial charge < -0.3 is 19.1 Å². The minimum atomic E-state index is -0.364. The largest absolute Gasteiger partial charge is 0.493 e. The summed E-state index contributed by atoms with van der Waals surface area (Å²) in [6.07, 6.45) is -0.364. The molecule has 1 heterocycles. The van der Waals surface area contributed by atoms with Gasteiger partial charge in [-0.05, 0) is 30.3 Å². The van der Waals surface area contributed by atoms with Crippen LogP contribution >= 0.6 is 0 Å². The fraction of sp³-hybridized carbons (Fsp3) is 0.333. The van der Waals surface area contributed by atoms with Gasteiger partial charge in [-0.3, -0.25) is 9.69 Å². The van der Waals surface area contributed by atoms with Crippen molar-refractivity contribution < 1.29 is 23.8 Å². The maximum absolute atomic E-state index is 12.6. The van der Waals surface area contributed by atoms with Crippen LogP contribution in [0.25, 0.3) is 0 Å². The third kappa shape index (κ3) is 4.80. The zero-order chi connectivity index (χ0) is 19.9. The topological polar surface area (TPSA) is 68.3 Å². The highest BCUT2D eigenvalue weighted by atomic mass is 16.6. The molecule has 1 saturated heterocycles. The Morgan fingerprint density at radius 2 is 1.57 bits per heavy atom. The molecule has 3 rings (SSSR count). The van der Waals surface area contributed by atoms with Crippen LogP contribution < -0.4 is 14.2 Å². The Kier molecular flexibility index (Phi) is 6.49. The number of carbonyl (C=O) groups is 2. The molecule has 1 fully saturated rings. The van der Waals surface area contributed by atoms with Crippen LogP contribution in [0.4, 0.5) is 4.79 Å². The highest BCUT2D eigenvalue weighted by molar-refractivity contribution is 5.98. The van der Waals surface area contributed by atoms with E-state index >= 15 is 0 Å². The first-order valence-corrected chi connectivity index (χ1v) is 9.10. The first-order chi connectivity index (χ1) is 13.6. The lowest BCUT2D eigenvalue weighted by Crippen LogP contribution is -2.50. The van der Waals surface area contributed by atoms with Crippen molar-refractivity contribution in [2.75, 3.05) is 46.9 Å². The Morgan fingerprint density at radius 1 is 0.893 bits per heavy atom. The van der Waals surface area contributed by atoms with Gasteiger partial charge in [0, 0.05) is 31.7 Å². The quantitative estimate of drug-likeness (QED) is 0.714. The number of Topliss-reactive ketones (excluding diaryl/α,β-unsaturated/α-hetero) is 1. The monoisotopic (exact) mass is 384 g/mol. The highest BCUT2D eigenvalue weighted by Crippen LogP contribution is 2.27. The Labute approximate surface area is 164 Å². The van der Waals surface area contributed by atoms with Gasteiger partial charge in [-0.1, -0.05) is 18.2 Å². The number of para-hydroxylation sites is 1. The maximum atomic E-state index is 12.6. The number of hydrogen-bond donors (Lipinski definition) is 0. The fourth-order valence-corrected chi connectivity index (χ4v) is 3.05. The van der Waals surface area contributed by atoms with E-state index in [2.05, 4.69) is 0 Å². The molecule has 0 saturated carbocycles. The van der Waals surface area contributed by atoms with E-state index in [1.807, 2.05) is 23.1 Å². The zero-order valence-electron chi connectivity index (χ0n) is 16.1. The lowest BCUT2D eigenvalue weighted by molar-refractivity contribution is 0.0845. The molecule has 1 amide bonds. The van der Waals surface area contributed by atoms with Crippen molar-refractivity contribution in [2.45, 2.75) is 0 Å². The van der Waals surface area contributed by atoms with Crippen LogP contribution in [0.3, 0.4) is 0 Å². The number of ether oxygens (including phenoxy) is 3. The molecule has 2 aromatic carbocycles. The molecule has 7 heteroatoms. The molecule has 0 N–H and O–H groups in total. The molecule has 0 bridgehead atoms. The van der Waals surface area contributed by atoms with E-state index in [1.165, 1.54) is 0 Å². The third-order valence-corrected chi connectivity index (χ3v) is 4.65. The van der Waals surface area contributed by atoms with E-state index in [-0.39, 0.29) is 18.4 Å². The van der Waals surface area contributed by atoms with Crippen molar-refractivity contribution in [3.63, 3.8) is 0 Å². The van der Waals surface area contributed by atoms with Gasteiger partial charge in [-0.2, -0.15) is 0 Å². The van der Waals surface area contributed by atoms with E-state index in [1.54, 1.807) is 49.5 Å². The summed E-state index contributed by atoms with van der Waals surface area (Å²) in [5.74, 6) is 1.64. The van der Waals surface area contributed by atoms with Gasteiger partial charge in [-0.15, -0.1) is 0 Å². The smallest absolute Gasteiger partial charge is 0.415 e. The van der Waals surface area contributed by atoms with Crippen LogP contribution in [0.1, 0.15) is 10.4 Å². The molecule has 7 nitrogen and oxygen atoms in total. The van der Waals surface area contributed by atoms with Crippen LogP contribution in [0.15, 0.2) is 48.5 Å². The molecule has 0 radical (unpaired) electrons. The summed E-state index contributed by atoms with van der Waals surface area (Å²) >= 11 is 0. The van der Waals surface area contributed by atoms with Crippen molar-refractivity contribution in [3.8, 4) is 17.2 Å². The molecule has 0 aliphatic carbocycles. The first-order valence-electron chi connectivity index (χ1n) is 9.10. The minimum Gasteiger partial charge on any atom is -0.493 e. The summed E-state index contributed by atoms with van der Waals surface area (Å²) < 4.78 is 15.8. The lowest BCUT2D eigenvalue weighted by atomic mass is 10.1. The fourth-order valence-electron chi connectivity index (χ4n) is 3.05. The number of piperazine rings is 1. The molecular formula is C21H24N2O5. The predicted molar refractivity (Wildman–Crippen MR) is 104 cm³/mol. The Hall–Kier alpha value is -3.06. The number of amides is 1. The molecule has 1 aliphatic rings. The highest BCUT2D eigenvalue weighted by Gasteiger charge is 2.24. The van der Waals surface area contributed by atoms with Gasteiger partial charge in [-0.25, -0.2) is 4.79 Å². The van der Waals surface area contributed by atoms with Crippen LogP contribution in [0.2, 0.25) is 0 Å². The molecule has 1 aliphatic heterocycles. The summed E-state index contributed by atoms with van der Waals surface area (Å²) in [5.41, 5.74) is 0.573. The van der Waals surface area contributed by atoms with Crippen molar-refractivity contribution in [3.05, 3.63) is 54.1 Å². The lowest BCUT2D eigenvalue weighted by Gasteiger charge is -2.33. The second-order valence-corrected chi connectivity index (χ2v) is 6.44. The Morgan fingerprint density at radius 3 is 2.21 bits per heavy atom. The van der Waals surface area contributed by atoms with Gasteiger partial charge in [0.25, 0.3) is 0 Å². The maximum Gasteiger partial charge on any atom is 0.415 e. The molecular weight excluding hydrogens is 360 g/mol. The molecule has 0 spiro atoms. The third-order valence-electron chi connectivity index (χ3n) is 4.65. The van der Waals surface area contributed by atoms with Crippen LogP contribution in [0, 0.1) is 0 Å². The number of nitrogens with zero attached hydrogens (tertiary/aromatic N) is 2. The van der Waals surface area contributed by atoms with Crippen LogP contribution in [0.5, 0.6) is 17.2 Å². The van der Waals surface area contributed by atoms with Gasteiger partial charge in [0.15, 0.2) is 17.3 Å². The number of benzene rings is 2. The number of hydrogen-bond acceptors (Lipinski definition) is 6. The summed E-state index contributed by atoms with van der Waals surface area (Å²) in [7, 11) is 3.10. The van der Waals surface area contributed by atoms with E-state index in [0.717, 1.165) is 0 Å². The van der Waals surface area contributed by atoms with Crippen molar-refractivity contribution in [1.82, 2.24) is 9.80 Å². The van der Waals surface area contributed by atoms with Gasteiger partial charge in [0.1, 0.15) is 5.75 Å². The van der Waals surface area contributed by atoms with Crippen molar-refractivity contribution in [2.24, 2.45) is 0 Å². The molecule has 2 aromatic rings. The molecule has 28 heavy (non-hydrogen) atoms. The van der Waals surface area contributed by atoms with Crippen LogP contribution in [-0.4, -0.2) is 68.6 Å². The molecule has 0 atom stereocenters. The number of rotatable bonds is 6.